The molecule has 0 aliphatic rings. The molecule has 1 heterocycles. The van der Waals surface area contributed by atoms with Crippen LogP contribution < -0.4 is 10.6 Å². The highest BCUT2D eigenvalue weighted by atomic mass is 16.5. The summed E-state index contributed by atoms with van der Waals surface area (Å²) in [7, 11) is 1.60. The monoisotopic (exact) mass is 242 g/mol. The van der Waals surface area contributed by atoms with Crippen LogP contribution in [0.25, 0.3) is 0 Å². The highest BCUT2D eigenvalue weighted by Crippen LogP contribution is 1.90. The quantitative estimate of drug-likeness (QED) is 0.589. The van der Waals surface area contributed by atoms with E-state index in [1.165, 1.54) is 6.33 Å². The highest BCUT2D eigenvalue weighted by Gasteiger charge is 2.06. The minimum atomic E-state index is -0.0555. The maximum atomic E-state index is 11.4. The Labute approximate surface area is 99.9 Å². The zero-order chi connectivity index (χ0) is 12.5. The topological polar surface area (TPSA) is 89.3 Å². The van der Waals surface area contributed by atoms with Crippen molar-refractivity contribution >= 4 is 5.91 Å². The second kappa shape index (κ2) is 7.75. The van der Waals surface area contributed by atoms with E-state index in [1.807, 2.05) is 6.92 Å². The highest BCUT2D eigenvalue weighted by molar-refractivity contribution is 5.78. The molecular formula is C10H18N4O3. The Morgan fingerprint density at radius 1 is 1.65 bits per heavy atom. The molecule has 0 spiro atoms. The van der Waals surface area contributed by atoms with Crippen molar-refractivity contribution in [2.45, 2.75) is 19.4 Å². The van der Waals surface area contributed by atoms with Crippen LogP contribution in [0.5, 0.6) is 0 Å². The van der Waals surface area contributed by atoms with E-state index in [0.717, 1.165) is 0 Å². The number of carbonyl (C=O) groups excluding carboxylic acids is 1. The third-order valence-electron chi connectivity index (χ3n) is 2.03. The molecular weight excluding hydrogens is 224 g/mol. The number of nitrogens with one attached hydrogen (secondary N) is 2. The molecule has 0 aliphatic heterocycles. The van der Waals surface area contributed by atoms with Gasteiger partial charge in [0.1, 0.15) is 0 Å². The van der Waals surface area contributed by atoms with Gasteiger partial charge in [0.05, 0.1) is 13.2 Å². The lowest BCUT2D eigenvalue weighted by molar-refractivity contribution is -0.121. The average molecular weight is 242 g/mol. The van der Waals surface area contributed by atoms with Crippen LogP contribution >= 0.6 is 0 Å². The van der Waals surface area contributed by atoms with Crippen molar-refractivity contribution in [1.29, 1.82) is 0 Å². The van der Waals surface area contributed by atoms with Gasteiger partial charge in [0, 0.05) is 26.1 Å². The minimum absolute atomic E-state index is 0.0187. The number of carbonyl (C=O) groups is 1. The SMILES string of the molecule is COCC(C)NC(=O)CNCCc1ncno1. The first-order chi connectivity index (χ1) is 8.22. The molecule has 0 saturated carbocycles. The van der Waals surface area contributed by atoms with Crippen molar-refractivity contribution in [3.8, 4) is 0 Å². The third kappa shape index (κ3) is 5.98. The minimum Gasteiger partial charge on any atom is -0.383 e. The molecule has 0 bridgehead atoms. The largest absolute Gasteiger partial charge is 0.383 e. The van der Waals surface area contributed by atoms with E-state index in [-0.39, 0.29) is 18.5 Å². The van der Waals surface area contributed by atoms with Crippen LogP contribution in [0.3, 0.4) is 0 Å². The lowest BCUT2D eigenvalue weighted by atomic mass is 10.3. The average Bonchev–Trinajstić information content (AvgIpc) is 2.77. The van der Waals surface area contributed by atoms with Gasteiger partial charge >= 0.3 is 0 Å². The van der Waals surface area contributed by atoms with E-state index >= 15 is 0 Å². The van der Waals surface area contributed by atoms with Crippen LogP contribution in [0.1, 0.15) is 12.8 Å². The van der Waals surface area contributed by atoms with Crippen LogP contribution in [0.4, 0.5) is 0 Å². The molecule has 0 saturated heterocycles. The summed E-state index contributed by atoms with van der Waals surface area (Å²) in [5.41, 5.74) is 0. The molecule has 96 valence electrons. The number of nitrogens with zero attached hydrogens (tertiary/aromatic N) is 2. The van der Waals surface area contributed by atoms with Gasteiger partial charge in [-0.1, -0.05) is 5.16 Å². The molecule has 1 amide bonds. The molecule has 1 atom stereocenters. The number of methoxy groups -OCH3 is 1. The van der Waals surface area contributed by atoms with Gasteiger partial charge in [-0.2, -0.15) is 4.98 Å². The van der Waals surface area contributed by atoms with Crippen molar-refractivity contribution in [2.24, 2.45) is 0 Å². The Balaban J connectivity index is 2.04. The van der Waals surface area contributed by atoms with Crippen LogP contribution in [0, 0.1) is 0 Å². The van der Waals surface area contributed by atoms with Crippen molar-refractivity contribution < 1.29 is 14.1 Å². The fourth-order valence-corrected chi connectivity index (χ4v) is 1.32. The van der Waals surface area contributed by atoms with Crippen molar-refractivity contribution in [2.75, 3.05) is 26.8 Å². The first kappa shape index (κ1) is 13.6. The van der Waals surface area contributed by atoms with E-state index in [9.17, 15) is 4.79 Å². The summed E-state index contributed by atoms with van der Waals surface area (Å²) in [5, 5.41) is 9.28. The van der Waals surface area contributed by atoms with E-state index in [1.54, 1.807) is 7.11 Å². The van der Waals surface area contributed by atoms with Crippen molar-refractivity contribution in [3.63, 3.8) is 0 Å². The van der Waals surface area contributed by atoms with Gasteiger partial charge in [-0.15, -0.1) is 0 Å². The standard InChI is InChI=1S/C10H18N4O3/c1-8(6-16-2)14-9(15)5-11-4-3-10-12-7-13-17-10/h7-8,11H,3-6H2,1-2H3,(H,14,15). The van der Waals surface area contributed by atoms with E-state index in [0.29, 0.717) is 25.5 Å². The number of hydrogen-bond donors (Lipinski definition) is 2. The molecule has 1 aromatic heterocycles. The van der Waals surface area contributed by atoms with E-state index in [2.05, 4.69) is 20.8 Å². The van der Waals surface area contributed by atoms with E-state index in [4.69, 9.17) is 9.26 Å². The van der Waals surface area contributed by atoms with Crippen molar-refractivity contribution in [3.05, 3.63) is 12.2 Å². The smallest absolute Gasteiger partial charge is 0.234 e. The second-order valence-electron chi connectivity index (χ2n) is 3.69. The molecule has 0 aromatic carbocycles. The Morgan fingerprint density at radius 3 is 3.12 bits per heavy atom. The van der Waals surface area contributed by atoms with Gasteiger partial charge in [-0.25, -0.2) is 0 Å². The molecule has 1 unspecified atom stereocenters. The first-order valence-corrected chi connectivity index (χ1v) is 5.47. The normalized spacial score (nSPS) is 12.4. The molecule has 1 rings (SSSR count). The molecule has 0 aliphatic carbocycles. The van der Waals surface area contributed by atoms with Crippen LogP contribution in [0.2, 0.25) is 0 Å². The lowest BCUT2D eigenvalue weighted by Crippen LogP contribution is -2.41. The van der Waals surface area contributed by atoms with Gasteiger partial charge in [-0.3, -0.25) is 4.79 Å². The van der Waals surface area contributed by atoms with Gasteiger partial charge < -0.3 is 19.9 Å². The van der Waals surface area contributed by atoms with E-state index < -0.39 is 0 Å². The molecule has 7 nitrogen and oxygen atoms in total. The summed E-state index contributed by atoms with van der Waals surface area (Å²) >= 11 is 0. The predicted molar refractivity (Wildman–Crippen MR) is 60.4 cm³/mol. The Kier molecular flexibility index (Phi) is 6.19. The molecule has 7 heteroatoms. The van der Waals surface area contributed by atoms with Gasteiger partial charge in [0.15, 0.2) is 6.33 Å². The first-order valence-electron chi connectivity index (χ1n) is 5.47. The molecule has 2 N–H and O–H groups in total. The zero-order valence-electron chi connectivity index (χ0n) is 10.1. The number of aromatic nitrogens is 2. The Morgan fingerprint density at radius 2 is 2.47 bits per heavy atom. The number of hydrogen-bond acceptors (Lipinski definition) is 6. The predicted octanol–water partition coefficient (Wildman–Crippen LogP) is -0.647. The van der Waals surface area contributed by atoms with Gasteiger partial charge in [-0.05, 0) is 6.92 Å². The second-order valence-corrected chi connectivity index (χ2v) is 3.69. The lowest BCUT2D eigenvalue weighted by Gasteiger charge is -2.12. The summed E-state index contributed by atoms with van der Waals surface area (Å²) in [6.45, 7) is 3.28. The fourth-order valence-electron chi connectivity index (χ4n) is 1.32. The summed E-state index contributed by atoms with van der Waals surface area (Å²) in [4.78, 5) is 15.3. The van der Waals surface area contributed by atoms with Crippen molar-refractivity contribution in [1.82, 2.24) is 20.8 Å². The summed E-state index contributed by atoms with van der Waals surface area (Å²) in [6, 6.07) is 0.0187. The number of rotatable bonds is 8. The van der Waals surface area contributed by atoms with Crippen LogP contribution in [-0.4, -0.2) is 48.9 Å². The molecule has 0 fully saturated rings. The van der Waals surface area contributed by atoms with Crippen LogP contribution in [-0.2, 0) is 16.0 Å². The summed E-state index contributed by atoms with van der Waals surface area (Å²) in [5.74, 6) is 0.505. The zero-order valence-corrected chi connectivity index (χ0v) is 10.1. The van der Waals surface area contributed by atoms with Gasteiger partial charge in [0.25, 0.3) is 0 Å². The maximum Gasteiger partial charge on any atom is 0.234 e. The molecule has 0 radical (unpaired) electrons. The Hall–Kier alpha value is -1.47. The summed E-state index contributed by atoms with van der Waals surface area (Å²) in [6.07, 6.45) is 1.97. The Bertz CT molecular complexity index is 315. The molecule has 17 heavy (non-hydrogen) atoms. The third-order valence-corrected chi connectivity index (χ3v) is 2.03. The fraction of sp³-hybridized carbons (Fsp3) is 0.700. The van der Waals surface area contributed by atoms with Crippen LogP contribution in [0.15, 0.2) is 10.9 Å². The number of ether oxygens (including phenoxy) is 1. The molecule has 1 aromatic rings. The maximum absolute atomic E-state index is 11.4. The number of amides is 1. The van der Waals surface area contributed by atoms with Gasteiger partial charge in [0.2, 0.25) is 11.8 Å². The summed E-state index contributed by atoms with van der Waals surface area (Å²) < 4.78 is 9.74.